The molecule has 132 valence electrons. The quantitative estimate of drug-likeness (QED) is 0.501. The maximum absolute atomic E-state index is 5.45. The van der Waals surface area contributed by atoms with Gasteiger partial charge < -0.3 is 14.0 Å². The number of nitrogens with zero attached hydrogens (tertiary/aromatic N) is 3. The number of aromatic nitrogens is 3. The van der Waals surface area contributed by atoms with E-state index in [9.17, 15) is 0 Å². The van der Waals surface area contributed by atoms with Gasteiger partial charge in [0.1, 0.15) is 0 Å². The maximum atomic E-state index is 5.45. The van der Waals surface area contributed by atoms with E-state index in [1.165, 1.54) is 0 Å². The Morgan fingerprint density at radius 3 is 2.62 bits per heavy atom. The van der Waals surface area contributed by atoms with Crippen LogP contribution in [-0.2, 0) is 0 Å². The molecule has 7 heteroatoms. The standard InChI is InChI=1S/C19H13N3O2.2ClH/c1-4-16(14-2-6-18-19(10-14)24-12-23-18)21-17-5-3-15(9-13(1)17)22-8-7-20-11-22;;/h1-11H,12H2;2*1H. The van der Waals surface area contributed by atoms with Gasteiger partial charge in [0.05, 0.1) is 17.5 Å². The van der Waals surface area contributed by atoms with Gasteiger partial charge in [0, 0.05) is 29.0 Å². The number of fused-ring (bicyclic) bond motifs is 2. The number of hydrogen-bond acceptors (Lipinski definition) is 4. The van der Waals surface area contributed by atoms with Gasteiger partial charge in [-0.1, -0.05) is 6.07 Å². The maximum Gasteiger partial charge on any atom is 0.231 e. The van der Waals surface area contributed by atoms with Crippen LogP contribution in [-0.4, -0.2) is 21.3 Å². The SMILES string of the molecule is Cl.Cl.c1cn(-c2ccc3nc(-c4ccc5c(c4)OCO5)ccc3c2)cn1. The van der Waals surface area contributed by atoms with E-state index < -0.39 is 0 Å². The second kappa shape index (κ2) is 7.23. The van der Waals surface area contributed by atoms with Crippen molar-refractivity contribution in [3.05, 3.63) is 67.3 Å². The van der Waals surface area contributed by atoms with Crippen molar-refractivity contribution in [1.82, 2.24) is 14.5 Å². The van der Waals surface area contributed by atoms with E-state index in [0.29, 0.717) is 0 Å². The van der Waals surface area contributed by atoms with Crippen LogP contribution in [0.4, 0.5) is 0 Å². The lowest BCUT2D eigenvalue weighted by molar-refractivity contribution is 0.174. The molecule has 0 spiro atoms. The van der Waals surface area contributed by atoms with E-state index in [1.54, 1.807) is 12.5 Å². The molecule has 0 amide bonds. The fourth-order valence-corrected chi connectivity index (χ4v) is 2.90. The summed E-state index contributed by atoms with van der Waals surface area (Å²) in [7, 11) is 0. The highest BCUT2D eigenvalue weighted by molar-refractivity contribution is 5.86. The molecule has 0 saturated carbocycles. The third-order valence-electron chi connectivity index (χ3n) is 4.14. The van der Waals surface area contributed by atoms with Crippen LogP contribution in [0.5, 0.6) is 11.5 Å². The van der Waals surface area contributed by atoms with Crippen LogP contribution in [0, 0.1) is 0 Å². The Balaban J connectivity index is 0.000000980. The fraction of sp³-hybridized carbons (Fsp3) is 0.0526. The number of benzene rings is 2. The Kier molecular flexibility index (Phi) is 5.02. The van der Waals surface area contributed by atoms with Crippen LogP contribution in [0.15, 0.2) is 67.3 Å². The van der Waals surface area contributed by atoms with Crippen LogP contribution in [0.25, 0.3) is 27.8 Å². The smallest absolute Gasteiger partial charge is 0.231 e. The average Bonchev–Trinajstić information content (AvgIpc) is 3.31. The van der Waals surface area contributed by atoms with Crippen LogP contribution < -0.4 is 9.47 Å². The molecule has 3 heterocycles. The average molecular weight is 388 g/mol. The molecule has 0 fully saturated rings. The van der Waals surface area contributed by atoms with Gasteiger partial charge in [0.2, 0.25) is 6.79 Å². The van der Waals surface area contributed by atoms with Crippen LogP contribution in [0.2, 0.25) is 0 Å². The molecule has 5 nitrogen and oxygen atoms in total. The summed E-state index contributed by atoms with van der Waals surface area (Å²) < 4.78 is 12.8. The summed E-state index contributed by atoms with van der Waals surface area (Å²) in [5, 5.41) is 1.09. The van der Waals surface area contributed by atoms with Crippen molar-refractivity contribution < 1.29 is 9.47 Å². The number of pyridine rings is 1. The molecule has 4 aromatic rings. The van der Waals surface area contributed by atoms with E-state index in [-0.39, 0.29) is 31.6 Å². The molecule has 0 radical (unpaired) electrons. The van der Waals surface area contributed by atoms with E-state index in [0.717, 1.165) is 39.3 Å². The Labute approximate surface area is 162 Å². The van der Waals surface area contributed by atoms with Crippen LogP contribution in [0.3, 0.4) is 0 Å². The third kappa shape index (κ3) is 3.07. The molecule has 26 heavy (non-hydrogen) atoms. The summed E-state index contributed by atoms with van der Waals surface area (Å²) in [5.74, 6) is 1.55. The Morgan fingerprint density at radius 2 is 1.77 bits per heavy atom. The highest BCUT2D eigenvalue weighted by Gasteiger charge is 2.14. The number of halogens is 2. The lowest BCUT2D eigenvalue weighted by Gasteiger charge is -2.07. The molecule has 0 N–H and O–H groups in total. The highest BCUT2D eigenvalue weighted by Crippen LogP contribution is 2.35. The zero-order chi connectivity index (χ0) is 15.9. The molecule has 0 atom stereocenters. The molecule has 0 unspecified atom stereocenters. The predicted octanol–water partition coefficient (Wildman–Crippen LogP) is 4.66. The number of imidazole rings is 1. The fourth-order valence-electron chi connectivity index (χ4n) is 2.90. The number of hydrogen-bond donors (Lipinski definition) is 0. The van der Waals surface area contributed by atoms with E-state index in [1.807, 2.05) is 47.2 Å². The Morgan fingerprint density at radius 1 is 0.885 bits per heavy atom. The summed E-state index contributed by atoms with van der Waals surface area (Å²) in [6.07, 6.45) is 5.48. The summed E-state index contributed by atoms with van der Waals surface area (Å²) >= 11 is 0. The van der Waals surface area contributed by atoms with Gasteiger partial charge in [-0.05, 0) is 42.5 Å². The van der Waals surface area contributed by atoms with E-state index in [4.69, 9.17) is 14.5 Å². The third-order valence-corrected chi connectivity index (χ3v) is 4.14. The van der Waals surface area contributed by atoms with Gasteiger partial charge in [0.25, 0.3) is 0 Å². The van der Waals surface area contributed by atoms with Crippen molar-refractivity contribution in [2.45, 2.75) is 0 Å². The molecule has 0 aliphatic carbocycles. The summed E-state index contributed by atoms with van der Waals surface area (Å²) in [5.41, 5.74) is 3.95. The number of rotatable bonds is 2. The molecule has 1 aliphatic heterocycles. The van der Waals surface area contributed by atoms with Crippen LogP contribution >= 0.6 is 24.8 Å². The van der Waals surface area contributed by atoms with Crippen molar-refractivity contribution in [1.29, 1.82) is 0 Å². The van der Waals surface area contributed by atoms with Gasteiger partial charge in [-0.25, -0.2) is 9.97 Å². The minimum Gasteiger partial charge on any atom is -0.454 e. The second-order valence-corrected chi connectivity index (χ2v) is 5.61. The van der Waals surface area contributed by atoms with Crippen molar-refractivity contribution in [3.63, 3.8) is 0 Å². The Hall–Kier alpha value is -2.76. The van der Waals surface area contributed by atoms with Gasteiger partial charge in [-0.15, -0.1) is 24.8 Å². The Bertz CT molecular complexity index is 1050. The summed E-state index contributed by atoms with van der Waals surface area (Å²) in [6.45, 7) is 0.279. The van der Waals surface area contributed by atoms with Crippen LogP contribution in [0.1, 0.15) is 0 Å². The largest absolute Gasteiger partial charge is 0.454 e. The molecule has 2 aromatic carbocycles. The molecule has 0 saturated heterocycles. The lowest BCUT2D eigenvalue weighted by Crippen LogP contribution is -1.93. The summed E-state index contributed by atoms with van der Waals surface area (Å²) in [4.78, 5) is 8.86. The number of ether oxygens (including phenoxy) is 2. The molecule has 2 aromatic heterocycles. The van der Waals surface area contributed by atoms with E-state index >= 15 is 0 Å². The van der Waals surface area contributed by atoms with Gasteiger partial charge in [-0.3, -0.25) is 0 Å². The van der Waals surface area contributed by atoms with Crippen molar-refractivity contribution in [2.24, 2.45) is 0 Å². The monoisotopic (exact) mass is 387 g/mol. The normalized spacial score (nSPS) is 11.7. The zero-order valence-corrected chi connectivity index (χ0v) is 15.2. The minimum atomic E-state index is 0. The van der Waals surface area contributed by atoms with Crippen molar-refractivity contribution in [2.75, 3.05) is 6.79 Å². The first kappa shape index (κ1) is 18.0. The van der Waals surface area contributed by atoms with Crippen molar-refractivity contribution >= 4 is 35.7 Å². The van der Waals surface area contributed by atoms with Gasteiger partial charge in [-0.2, -0.15) is 0 Å². The minimum absolute atomic E-state index is 0. The molecule has 0 bridgehead atoms. The van der Waals surface area contributed by atoms with Crippen molar-refractivity contribution in [3.8, 4) is 28.4 Å². The lowest BCUT2D eigenvalue weighted by atomic mass is 10.1. The van der Waals surface area contributed by atoms with Gasteiger partial charge >= 0.3 is 0 Å². The first-order chi connectivity index (χ1) is 11.9. The molecular formula is C19H15Cl2N3O2. The molecular weight excluding hydrogens is 373 g/mol. The first-order valence-electron chi connectivity index (χ1n) is 7.66. The first-order valence-corrected chi connectivity index (χ1v) is 7.66. The molecule has 1 aliphatic rings. The topological polar surface area (TPSA) is 49.2 Å². The molecule has 5 rings (SSSR count). The second-order valence-electron chi connectivity index (χ2n) is 5.61. The van der Waals surface area contributed by atoms with Gasteiger partial charge in [0.15, 0.2) is 11.5 Å². The summed E-state index contributed by atoms with van der Waals surface area (Å²) in [6, 6.07) is 16.2. The van der Waals surface area contributed by atoms with E-state index in [2.05, 4.69) is 17.1 Å². The zero-order valence-electron chi connectivity index (χ0n) is 13.5. The highest BCUT2D eigenvalue weighted by atomic mass is 35.5. The predicted molar refractivity (Wildman–Crippen MR) is 105 cm³/mol.